The van der Waals surface area contributed by atoms with Crippen molar-refractivity contribution in [1.82, 2.24) is 14.4 Å². The van der Waals surface area contributed by atoms with Crippen molar-refractivity contribution in [2.24, 2.45) is 5.92 Å². The molecule has 1 fully saturated rings. The third-order valence-electron chi connectivity index (χ3n) is 4.05. The van der Waals surface area contributed by atoms with Crippen LogP contribution in [0, 0.1) is 5.92 Å². The molecule has 3 rings (SSSR count). The summed E-state index contributed by atoms with van der Waals surface area (Å²) in [6.07, 6.45) is 3.17. The van der Waals surface area contributed by atoms with Crippen LogP contribution in [0.5, 0.6) is 0 Å². The van der Waals surface area contributed by atoms with Gasteiger partial charge in [0.05, 0.1) is 5.75 Å². The first-order valence-corrected chi connectivity index (χ1v) is 10.5. The second-order valence-electron chi connectivity index (χ2n) is 5.91. The van der Waals surface area contributed by atoms with Gasteiger partial charge in [0, 0.05) is 30.5 Å². The molecule has 1 unspecified atom stereocenters. The molecular weight excluding hydrogens is 334 g/mol. The Bertz CT molecular complexity index is 725. The summed E-state index contributed by atoms with van der Waals surface area (Å²) in [5.74, 6) is 1.66. The fraction of sp³-hybridized carbons (Fsp3) is 0.600. The first kappa shape index (κ1) is 16.6. The molecule has 0 saturated carbocycles. The number of sulfonamides is 1. The average molecular weight is 355 g/mol. The van der Waals surface area contributed by atoms with Crippen LogP contribution >= 0.6 is 11.3 Å². The summed E-state index contributed by atoms with van der Waals surface area (Å²) in [4.78, 5) is 4.43. The maximum atomic E-state index is 12.2. The fourth-order valence-corrected chi connectivity index (χ4v) is 5.18. The van der Waals surface area contributed by atoms with Crippen molar-refractivity contribution in [2.75, 3.05) is 18.8 Å². The van der Waals surface area contributed by atoms with E-state index in [0.29, 0.717) is 37.6 Å². The number of thiophene rings is 1. The topological polar surface area (TPSA) is 76.3 Å². The van der Waals surface area contributed by atoms with E-state index in [4.69, 9.17) is 4.52 Å². The molecule has 1 aliphatic heterocycles. The van der Waals surface area contributed by atoms with Crippen LogP contribution in [0.15, 0.2) is 21.3 Å². The van der Waals surface area contributed by atoms with Crippen molar-refractivity contribution in [2.45, 2.75) is 32.6 Å². The van der Waals surface area contributed by atoms with Gasteiger partial charge in [0.25, 0.3) is 0 Å². The van der Waals surface area contributed by atoms with Gasteiger partial charge in [-0.05, 0) is 36.6 Å². The van der Waals surface area contributed by atoms with Crippen LogP contribution in [0.1, 0.15) is 32.1 Å². The molecule has 2 aromatic rings. The van der Waals surface area contributed by atoms with E-state index in [1.54, 1.807) is 15.6 Å². The number of hydrogen-bond acceptors (Lipinski definition) is 6. The number of rotatable bonds is 6. The second kappa shape index (κ2) is 7.11. The van der Waals surface area contributed by atoms with Crippen LogP contribution in [0.2, 0.25) is 0 Å². The van der Waals surface area contributed by atoms with Crippen molar-refractivity contribution in [3.05, 3.63) is 22.7 Å². The molecule has 0 radical (unpaired) electrons. The van der Waals surface area contributed by atoms with Gasteiger partial charge in [-0.15, -0.1) is 0 Å². The molecule has 126 valence electrons. The summed E-state index contributed by atoms with van der Waals surface area (Å²) in [7, 11) is -3.12. The van der Waals surface area contributed by atoms with E-state index in [-0.39, 0.29) is 11.7 Å². The largest absolute Gasteiger partial charge is 0.339 e. The molecule has 0 aliphatic carbocycles. The van der Waals surface area contributed by atoms with Crippen molar-refractivity contribution < 1.29 is 12.9 Å². The van der Waals surface area contributed by atoms with E-state index < -0.39 is 10.0 Å². The zero-order chi connectivity index (χ0) is 16.3. The van der Waals surface area contributed by atoms with Gasteiger partial charge in [-0.2, -0.15) is 16.3 Å². The average Bonchev–Trinajstić information content (AvgIpc) is 3.18. The molecule has 8 heteroatoms. The van der Waals surface area contributed by atoms with E-state index in [9.17, 15) is 8.42 Å². The molecule has 1 saturated heterocycles. The van der Waals surface area contributed by atoms with Crippen molar-refractivity contribution >= 4 is 21.4 Å². The summed E-state index contributed by atoms with van der Waals surface area (Å²) >= 11 is 1.59. The van der Waals surface area contributed by atoms with Crippen LogP contribution in [0.3, 0.4) is 0 Å². The molecule has 3 heterocycles. The fourth-order valence-electron chi connectivity index (χ4n) is 2.93. The molecule has 0 N–H and O–H groups in total. The standard InChI is InChI=1S/C15H21N3O3S2/c1-2-8-23(19,20)18-6-3-4-12(10-18)9-14-16-15(17-21-14)13-5-7-22-11-13/h5,7,11-12H,2-4,6,8-10H2,1H3. The summed E-state index contributed by atoms with van der Waals surface area (Å²) < 4.78 is 31.4. The Labute approximate surface area is 140 Å². The summed E-state index contributed by atoms with van der Waals surface area (Å²) in [5, 5.41) is 7.97. The number of hydrogen-bond donors (Lipinski definition) is 0. The number of nitrogens with zero attached hydrogens (tertiary/aromatic N) is 3. The lowest BCUT2D eigenvalue weighted by atomic mass is 9.96. The molecular formula is C15H21N3O3S2. The first-order valence-electron chi connectivity index (χ1n) is 7.91. The van der Waals surface area contributed by atoms with Crippen LogP contribution < -0.4 is 0 Å². The summed E-state index contributed by atoms with van der Waals surface area (Å²) in [5.41, 5.74) is 0.959. The zero-order valence-electron chi connectivity index (χ0n) is 13.1. The van der Waals surface area contributed by atoms with Crippen molar-refractivity contribution in [3.63, 3.8) is 0 Å². The number of aromatic nitrogens is 2. The molecule has 0 aromatic carbocycles. The van der Waals surface area contributed by atoms with Gasteiger partial charge in [0.2, 0.25) is 21.7 Å². The Kier molecular flexibility index (Phi) is 5.13. The number of piperidine rings is 1. The summed E-state index contributed by atoms with van der Waals surface area (Å²) in [6.45, 7) is 3.07. The zero-order valence-corrected chi connectivity index (χ0v) is 14.8. The van der Waals surface area contributed by atoms with Crippen LogP contribution in [-0.4, -0.2) is 41.7 Å². The molecule has 6 nitrogen and oxygen atoms in total. The lowest BCUT2D eigenvalue weighted by Gasteiger charge is -2.31. The minimum atomic E-state index is -3.12. The third kappa shape index (κ3) is 3.99. The van der Waals surface area contributed by atoms with Gasteiger partial charge in [0.15, 0.2) is 0 Å². The minimum absolute atomic E-state index is 0.225. The molecule has 0 amide bonds. The van der Waals surface area contributed by atoms with Gasteiger partial charge in [-0.1, -0.05) is 12.1 Å². The predicted molar refractivity (Wildman–Crippen MR) is 89.7 cm³/mol. The highest BCUT2D eigenvalue weighted by molar-refractivity contribution is 7.89. The third-order valence-corrected chi connectivity index (χ3v) is 6.77. The van der Waals surface area contributed by atoms with Crippen LogP contribution in [0.25, 0.3) is 11.4 Å². The SMILES string of the molecule is CCCS(=O)(=O)N1CCCC(Cc2nc(-c3ccsc3)no2)C1. The van der Waals surface area contributed by atoms with Crippen molar-refractivity contribution in [3.8, 4) is 11.4 Å². The summed E-state index contributed by atoms with van der Waals surface area (Å²) in [6, 6.07) is 1.96. The Balaban J connectivity index is 1.64. The smallest absolute Gasteiger partial charge is 0.227 e. The Morgan fingerprint density at radius 3 is 3.09 bits per heavy atom. The Morgan fingerprint density at radius 2 is 2.35 bits per heavy atom. The maximum absolute atomic E-state index is 12.2. The lowest BCUT2D eigenvalue weighted by Crippen LogP contribution is -2.41. The van der Waals surface area contributed by atoms with E-state index in [1.165, 1.54) is 0 Å². The predicted octanol–water partition coefficient (Wildman–Crippen LogP) is 2.79. The molecule has 23 heavy (non-hydrogen) atoms. The van der Waals surface area contributed by atoms with Gasteiger partial charge >= 0.3 is 0 Å². The van der Waals surface area contributed by atoms with E-state index in [1.807, 2.05) is 23.8 Å². The van der Waals surface area contributed by atoms with E-state index in [0.717, 1.165) is 18.4 Å². The van der Waals surface area contributed by atoms with Gasteiger partial charge in [-0.3, -0.25) is 0 Å². The molecule has 0 spiro atoms. The van der Waals surface area contributed by atoms with Gasteiger partial charge in [0.1, 0.15) is 0 Å². The highest BCUT2D eigenvalue weighted by Gasteiger charge is 2.29. The first-order chi connectivity index (χ1) is 11.1. The molecule has 2 aromatic heterocycles. The highest BCUT2D eigenvalue weighted by atomic mass is 32.2. The normalized spacial score (nSPS) is 20.0. The molecule has 1 aliphatic rings. The van der Waals surface area contributed by atoms with Gasteiger partial charge in [-0.25, -0.2) is 12.7 Å². The second-order valence-corrected chi connectivity index (χ2v) is 8.78. The van der Waals surface area contributed by atoms with E-state index in [2.05, 4.69) is 10.1 Å². The Morgan fingerprint density at radius 1 is 1.48 bits per heavy atom. The Hall–Kier alpha value is -1.25. The van der Waals surface area contributed by atoms with Crippen LogP contribution in [-0.2, 0) is 16.4 Å². The molecule has 1 atom stereocenters. The van der Waals surface area contributed by atoms with E-state index >= 15 is 0 Å². The molecule has 0 bridgehead atoms. The van der Waals surface area contributed by atoms with Crippen LogP contribution in [0.4, 0.5) is 0 Å². The quantitative estimate of drug-likeness (QED) is 0.796. The minimum Gasteiger partial charge on any atom is -0.339 e. The monoisotopic (exact) mass is 355 g/mol. The lowest BCUT2D eigenvalue weighted by molar-refractivity contribution is 0.247. The van der Waals surface area contributed by atoms with Gasteiger partial charge < -0.3 is 4.52 Å². The highest BCUT2D eigenvalue weighted by Crippen LogP contribution is 2.24. The van der Waals surface area contributed by atoms with Crippen molar-refractivity contribution in [1.29, 1.82) is 0 Å². The maximum Gasteiger partial charge on any atom is 0.227 e.